The molecule has 0 radical (unpaired) electrons. The van der Waals surface area contributed by atoms with Crippen LogP contribution >= 0.6 is 0 Å². The minimum atomic E-state index is -0.150. The number of nitrogens with zero attached hydrogens (tertiary/aromatic N) is 1. The molecule has 1 unspecified atom stereocenters. The van der Waals surface area contributed by atoms with E-state index >= 15 is 0 Å². The second kappa shape index (κ2) is 7.01. The molecule has 1 aliphatic heterocycles. The molecular formula is C16H25FN2. The first-order valence-corrected chi connectivity index (χ1v) is 7.36. The van der Waals surface area contributed by atoms with Crippen LogP contribution in [0.5, 0.6) is 0 Å². The van der Waals surface area contributed by atoms with Gasteiger partial charge in [-0.2, -0.15) is 0 Å². The van der Waals surface area contributed by atoms with Gasteiger partial charge in [-0.3, -0.25) is 0 Å². The van der Waals surface area contributed by atoms with E-state index in [1.54, 1.807) is 12.1 Å². The summed E-state index contributed by atoms with van der Waals surface area (Å²) in [5.41, 5.74) is 2.21. The van der Waals surface area contributed by atoms with Gasteiger partial charge in [-0.1, -0.05) is 12.5 Å². The molecule has 2 rings (SSSR count). The predicted molar refractivity (Wildman–Crippen MR) is 77.7 cm³/mol. The average molecular weight is 264 g/mol. The Balaban J connectivity index is 1.77. The number of halogens is 1. The Morgan fingerprint density at radius 3 is 2.68 bits per heavy atom. The van der Waals surface area contributed by atoms with Crippen molar-refractivity contribution in [3.63, 3.8) is 0 Å². The Morgan fingerprint density at radius 1 is 1.26 bits per heavy atom. The minimum absolute atomic E-state index is 0.150. The van der Waals surface area contributed by atoms with E-state index in [0.29, 0.717) is 6.04 Å². The molecule has 3 heteroatoms. The summed E-state index contributed by atoms with van der Waals surface area (Å²) in [6.45, 7) is 8.60. The number of benzene rings is 1. The van der Waals surface area contributed by atoms with Gasteiger partial charge in [0.15, 0.2) is 0 Å². The van der Waals surface area contributed by atoms with Gasteiger partial charge in [-0.25, -0.2) is 4.39 Å². The van der Waals surface area contributed by atoms with Crippen molar-refractivity contribution < 1.29 is 4.39 Å². The quantitative estimate of drug-likeness (QED) is 0.879. The zero-order valence-electron chi connectivity index (χ0n) is 12.1. The number of piperidine rings is 1. The molecule has 1 atom stereocenters. The third-order valence-corrected chi connectivity index (χ3v) is 3.93. The van der Waals surface area contributed by atoms with Crippen LogP contribution in [0.3, 0.4) is 0 Å². The Hall–Kier alpha value is -0.930. The molecule has 1 heterocycles. The average Bonchev–Trinajstić information content (AvgIpc) is 2.39. The van der Waals surface area contributed by atoms with Crippen molar-refractivity contribution in [3.05, 3.63) is 35.1 Å². The lowest BCUT2D eigenvalue weighted by Crippen LogP contribution is -2.41. The predicted octanol–water partition coefficient (Wildman–Crippen LogP) is 3.10. The third kappa shape index (κ3) is 4.59. The highest BCUT2D eigenvalue weighted by Crippen LogP contribution is 2.11. The highest BCUT2D eigenvalue weighted by Gasteiger charge is 2.13. The maximum Gasteiger partial charge on any atom is 0.123 e. The van der Waals surface area contributed by atoms with Crippen LogP contribution < -0.4 is 5.32 Å². The summed E-state index contributed by atoms with van der Waals surface area (Å²) in [7, 11) is 0. The fraction of sp³-hybridized carbons (Fsp3) is 0.625. The zero-order chi connectivity index (χ0) is 13.7. The van der Waals surface area contributed by atoms with Crippen LogP contribution in [-0.4, -0.2) is 30.6 Å². The lowest BCUT2D eigenvalue weighted by atomic mass is 10.1. The van der Waals surface area contributed by atoms with Gasteiger partial charge < -0.3 is 10.2 Å². The molecule has 0 saturated carbocycles. The van der Waals surface area contributed by atoms with E-state index in [1.165, 1.54) is 37.9 Å². The molecule has 1 aromatic carbocycles. The fourth-order valence-electron chi connectivity index (χ4n) is 2.74. The number of likely N-dealkylation sites (tertiary alicyclic amines) is 1. The Kier molecular flexibility index (Phi) is 5.34. The second-order valence-electron chi connectivity index (χ2n) is 5.71. The van der Waals surface area contributed by atoms with Crippen molar-refractivity contribution in [2.45, 2.75) is 45.7 Å². The molecule has 106 valence electrons. The fourth-order valence-corrected chi connectivity index (χ4v) is 2.74. The highest BCUT2D eigenvalue weighted by molar-refractivity contribution is 5.26. The maximum absolute atomic E-state index is 13.0. The normalized spacial score (nSPS) is 18.5. The van der Waals surface area contributed by atoms with Crippen molar-refractivity contribution in [1.82, 2.24) is 10.2 Å². The molecule has 0 bridgehead atoms. The molecule has 1 fully saturated rings. The molecule has 1 N–H and O–H groups in total. The lowest BCUT2D eigenvalue weighted by Gasteiger charge is -2.29. The molecule has 1 aliphatic rings. The van der Waals surface area contributed by atoms with E-state index < -0.39 is 0 Å². The van der Waals surface area contributed by atoms with Crippen LogP contribution in [0.15, 0.2) is 18.2 Å². The molecule has 1 saturated heterocycles. The van der Waals surface area contributed by atoms with Crippen molar-refractivity contribution in [2.75, 3.05) is 19.6 Å². The van der Waals surface area contributed by atoms with Crippen molar-refractivity contribution in [2.24, 2.45) is 0 Å². The monoisotopic (exact) mass is 264 g/mol. The number of rotatable bonds is 5. The van der Waals surface area contributed by atoms with E-state index in [2.05, 4.69) is 17.1 Å². The Bertz CT molecular complexity index is 400. The summed E-state index contributed by atoms with van der Waals surface area (Å²) in [5.74, 6) is -0.150. The summed E-state index contributed by atoms with van der Waals surface area (Å²) in [5, 5.41) is 3.54. The summed E-state index contributed by atoms with van der Waals surface area (Å²) in [4.78, 5) is 2.54. The van der Waals surface area contributed by atoms with Crippen LogP contribution in [0.25, 0.3) is 0 Å². The van der Waals surface area contributed by atoms with Crippen LogP contribution in [0.2, 0.25) is 0 Å². The molecule has 0 aliphatic carbocycles. The van der Waals surface area contributed by atoms with Gasteiger partial charge in [0.2, 0.25) is 0 Å². The molecule has 0 spiro atoms. The lowest BCUT2D eigenvalue weighted by molar-refractivity contribution is 0.209. The van der Waals surface area contributed by atoms with Gasteiger partial charge in [-0.15, -0.1) is 0 Å². The van der Waals surface area contributed by atoms with E-state index in [-0.39, 0.29) is 5.82 Å². The standard InChI is InChI=1S/C16H25FN2/c1-13-10-16(17)7-6-15(13)11-18-14(2)12-19-8-4-3-5-9-19/h6-7,10,14,18H,3-5,8-9,11-12H2,1-2H3. The molecular weight excluding hydrogens is 239 g/mol. The number of nitrogens with one attached hydrogen (secondary N) is 1. The van der Waals surface area contributed by atoms with Crippen LogP contribution in [0.1, 0.15) is 37.3 Å². The number of hydrogen-bond acceptors (Lipinski definition) is 2. The Labute approximate surface area is 116 Å². The van der Waals surface area contributed by atoms with Crippen LogP contribution in [0, 0.1) is 12.7 Å². The van der Waals surface area contributed by atoms with E-state index in [1.807, 2.05) is 13.0 Å². The zero-order valence-corrected chi connectivity index (χ0v) is 12.1. The van der Waals surface area contributed by atoms with Gasteiger partial charge >= 0.3 is 0 Å². The number of aryl methyl sites for hydroxylation is 1. The summed E-state index contributed by atoms with van der Waals surface area (Å²) >= 11 is 0. The highest BCUT2D eigenvalue weighted by atomic mass is 19.1. The minimum Gasteiger partial charge on any atom is -0.309 e. The van der Waals surface area contributed by atoms with Gasteiger partial charge in [0, 0.05) is 19.1 Å². The molecule has 2 nitrogen and oxygen atoms in total. The SMILES string of the molecule is Cc1cc(F)ccc1CNC(C)CN1CCCCC1. The van der Waals surface area contributed by atoms with Gasteiger partial charge in [0.05, 0.1) is 0 Å². The largest absolute Gasteiger partial charge is 0.309 e. The second-order valence-corrected chi connectivity index (χ2v) is 5.71. The van der Waals surface area contributed by atoms with E-state index in [0.717, 1.165) is 18.7 Å². The topological polar surface area (TPSA) is 15.3 Å². The van der Waals surface area contributed by atoms with E-state index in [9.17, 15) is 4.39 Å². The van der Waals surface area contributed by atoms with Gasteiger partial charge in [-0.05, 0) is 63.0 Å². The molecule has 0 amide bonds. The molecule has 0 aromatic heterocycles. The molecule has 19 heavy (non-hydrogen) atoms. The Morgan fingerprint density at radius 2 is 2.00 bits per heavy atom. The summed E-state index contributed by atoms with van der Waals surface area (Å²) < 4.78 is 13.0. The first-order chi connectivity index (χ1) is 9.15. The first-order valence-electron chi connectivity index (χ1n) is 7.36. The number of hydrogen-bond donors (Lipinski definition) is 1. The molecule has 1 aromatic rings. The van der Waals surface area contributed by atoms with Crippen LogP contribution in [-0.2, 0) is 6.54 Å². The van der Waals surface area contributed by atoms with Gasteiger partial charge in [0.1, 0.15) is 5.82 Å². The summed E-state index contributed by atoms with van der Waals surface area (Å²) in [6, 6.07) is 5.50. The summed E-state index contributed by atoms with van der Waals surface area (Å²) in [6.07, 6.45) is 4.06. The van der Waals surface area contributed by atoms with E-state index in [4.69, 9.17) is 0 Å². The van der Waals surface area contributed by atoms with Crippen molar-refractivity contribution >= 4 is 0 Å². The van der Waals surface area contributed by atoms with Crippen molar-refractivity contribution in [3.8, 4) is 0 Å². The van der Waals surface area contributed by atoms with Crippen LogP contribution in [0.4, 0.5) is 4.39 Å². The van der Waals surface area contributed by atoms with Gasteiger partial charge in [0.25, 0.3) is 0 Å². The maximum atomic E-state index is 13.0. The third-order valence-electron chi connectivity index (χ3n) is 3.93. The smallest absolute Gasteiger partial charge is 0.123 e. The van der Waals surface area contributed by atoms with Crippen molar-refractivity contribution in [1.29, 1.82) is 0 Å². The first kappa shape index (κ1) is 14.5.